The molecule has 0 aliphatic heterocycles. The topological polar surface area (TPSA) is 124 Å². The zero-order valence-electron chi connectivity index (χ0n) is 22.8. The standard InChI is InChI=1S/C32H26ClN7O2/c1-19-29(32(42)40(39(19)2)26-8-4-7-24(33)17-26)31(41)37-25-11-9-20(10-12-25)27-16-23(18-35-30(27)34)21-5-3-6-22(15-21)28-13-14-36-38-28/h3-18H,1-2H3,(H2,34,35)(H,36,38)(H,37,41). The summed E-state index contributed by atoms with van der Waals surface area (Å²) < 4.78 is 3.06. The quantitative estimate of drug-likeness (QED) is 0.222. The number of H-pyrrole nitrogens is 1. The molecule has 0 bridgehead atoms. The number of amides is 1. The molecule has 3 heterocycles. The predicted octanol–water partition coefficient (Wildman–Crippen LogP) is 6.09. The van der Waals surface area contributed by atoms with Gasteiger partial charge in [0, 0.05) is 46.8 Å². The van der Waals surface area contributed by atoms with Crippen LogP contribution in [0.3, 0.4) is 0 Å². The lowest BCUT2D eigenvalue weighted by Gasteiger charge is -2.11. The first kappa shape index (κ1) is 26.8. The molecule has 208 valence electrons. The molecule has 0 aliphatic rings. The highest BCUT2D eigenvalue weighted by atomic mass is 35.5. The number of halogens is 1. The van der Waals surface area contributed by atoms with E-state index in [0.29, 0.717) is 27.9 Å². The number of hydrogen-bond acceptors (Lipinski definition) is 5. The molecule has 10 heteroatoms. The summed E-state index contributed by atoms with van der Waals surface area (Å²) in [5.74, 6) is -0.109. The highest BCUT2D eigenvalue weighted by Crippen LogP contribution is 2.32. The zero-order valence-corrected chi connectivity index (χ0v) is 23.6. The first-order chi connectivity index (χ1) is 20.3. The molecule has 6 rings (SSSR count). The third-order valence-corrected chi connectivity index (χ3v) is 7.43. The van der Waals surface area contributed by atoms with E-state index in [9.17, 15) is 9.59 Å². The van der Waals surface area contributed by atoms with E-state index in [4.69, 9.17) is 17.3 Å². The van der Waals surface area contributed by atoms with Crippen molar-refractivity contribution in [1.82, 2.24) is 24.5 Å². The second kappa shape index (κ2) is 10.9. The molecule has 3 aromatic heterocycles. The van der Waals surface area contributed by atoms with Crippen molar-refractivity contribution in [2.75, 3.05) is 11.1 Å². The van der Waals surface area contributed by atoms with E-state index in [-0.39, 0.29) is 5.56 Å². The molecule has 6 aromatic rings. The third-order valence-electron chi connectivity index (χ3n) is 7.20. The summed E-state index contributed by atoms with van der Waals surface area (Å²) in [5.41, 5.74) is 12.9. The highest BCUT2D eigenvalue weighted by molar-refractivity contribution is 6.30. The predicted molar refractivity (Wildman–Crippen MR) is 166 cm³/mol. The van der Waals surface area contributed by atoms with E-state index in [1.165, 1.54) is 4.68 Å². The Morgan fingerprint density at radius 2 is 1.69 bits per heavy atom. The summed E-state index contributed by atoms with van der Waals surface area (Å²) in [6.45, 7) is 1.73. The molecule has 0 unspecified atom stereocenters. The lowest BCUT2D eigenvalue weighted by molar-refractivity contribution is 0.102. The summed E-state index contributed by atoms with van der Waals surface area (Å²) in [6, 6.07) is 26.1. The molecule has 3 aromatic carbocycles. The molecule has 0 atom stereocenters. The minimum absolute atomic E-state index is 0.0553. The number of nitrogen functional groups attached to an aromatic ring is 1. The molecular weight excluding hydrogens is 550 g/mol. The number of rotatable bonds is 6. The highest BCUT2D eigenvalue weighted by Gasteiger charge is 2.22. The molecule has 4 N–H and O–H groups in total. The van der Waals surface area contributed by atoms with E-state index < -0.39 is 11.5 Å². The minimum Gasteiger partial charge on any atom is -0.383 e. The van der Waals surface area contributed by atoms with Gasteiger partial charge in [0.15, 0.2) is 0 Å². The third kappa shape index (κ3) is 4.97. The maximum absolute atomic E-state index is 13.3. The van der Waals surface area contributed by atoms with Gasteiger partial charge >= 0.3 is 0 Å². The Labute approximate surface area is 246 Å². The van der Waals surface area contributed by atoms with Crippen LogP contribution in [0.25, 0.3) is 39.2 Å². The van der Waals surface area contributed by atoms with Gasteiger partial charge < -0.3 is 11.1 Å². The number of aromatic amines is 1. The average molecular weight is 576 g/mol. The monoisotopic (exact) mass is 575 g/mol. The Morgan fingerprint density at radius 1 is 0.929 bits per heavy atom. The van der Waals surface area contributed by atoms with Crippen molar-refractivity contribution in [2.24, 2.45) is 7.05 Å². The summed E-state index contributed by atoms with van der Waals surface area (Å²) in [5, 5.41) is 10.4. The largest absolute Gasteiger partial charge is 0.383 e. The minimum atomic E-state index is -0.499. The number of hydrogen-bond donors (Lipinski definition) is 3. The number of anilines is 2. The van der Waals surface area contributed by atoms with Crippen LogP contribution in [0.4, 0.5) is 11.5 Å². The lowest BCUT2D eigenvalue weighted by Crippen LogP contribution is -2.25. The summed E-state index contributed by atoms with van der Waals surface area (Å²) in [7, 11) is 1.73. The Morgan fingerprint density at radius 3 is 2.43 bits per heavy atom. The van der Waals surface area contributed by atoms with Crippen molar-refractivity contribution >= 4 is 29.0 Å². The summed E-state index contributed by atoms with van der Waals surface area (Å²) in [4.78, 5) is 31.0. The van der Waals surface area contributed by atoms with Crippen molar-refractivity contribution in [3.8, 4) is 39.2 Å². The van der Waals surface area contributed by atoms with Gasteiger partial charge in [0.2, 0.25) is 0 Å². The van der Waals surface area contributed by atoms with Gasteiger partial charge in [0.25, 0.3) is 11.5 Å². The normalized spacial score (nSPS) is 11.0. The molecule has 42 heavy (non-hydrogen) atoms. The van der Waals surface area contributed by atoms with Gasteiger partial charge in [-0.05, 0) is 66.6 Å². The van der Waals surface area contributed by atoms with Gasteiger partial charge in [-0.15, -0.1) is 0 Å². The van der Waals surface area contributed by atoms with E-state index in [1.807, 2.05) is 42.5 Å². The van der Waals surface area contributed by atoms with Gasteiger partial charge in [0.1, 0.15) is 11.4 Å². The molecule has 9 nitrogen and oxygen atoms in total. The smallest absolute Gasteiger partial charge is 0.284 e. The first-order valence-corrected chi connectivity index (χ1v) is 13.5. The fraction of sp³-hybridized carbons (Fsp3) is 0.0625. The molecule has 0 saturated carbocycles. The Bertz CT molecular complexity index is 1990. The Kier molecular flexibility index (Phi) is 6.93. The zero-order chi connectivity index (χ0) is 29.4. The number of benzene rings is 3. The fourth-order valence-corrected chi connectivity index (χ4v) is 5.12. The molecule has 0 spiro atoms. The number of carbonyl (C=O) groups is 1. The summed E-state index contributed by atoms with van der Waals surface area (Å²) >= 11 is 6.13. The molecule has 0 fully saturated rings. The molecule has 0 aliphatic carbocycles. The first-order valence-electron chi connectivity index (χ1n) is 13.1. The van der Waals surface area contributed by atoms with E-state index in [2.05, 4.69) is 26.6 Å². The van der Waals surface area contributed by atoms with Crippen LogP contribution in [-0.4, -0.2) is 30.5 Å². The lowest BCUT2D eigenvalue weighted by atomic mass is 9.99. The van der Waals surface area contributed by atoms with Gasteiger partial charge in [0.05, 0.1) is 17.1 Å². The van der Waals surface area contributed by atoms with Gasteiger partial charge in [-0.1, -0.05) is 48.0 Å². The fourth-order valence-electron chi connectivity index (χ4n) is 4.94. The van der Waals surface area contributed by atoms with Crippen molar-refractivity contribution in [2.45, 2.75) is 6.92 Å². The Balaban J connectivity index is 1.25. The van der Waals surface area contributed by atoms with E-state index in [1.54, 1.807) is 67.4 Å². The number of nitrogens with zero attached hydrogens (tertiary/aromatic N) is 4. The van der Waals surface area contributed by atoms with Crippen LogP contribution in [0.15, 0.2) is 102 Å². The van der Waals surface area contributed by atoms with Crippen LogP contribution in [0, 0.1) is 6.92 Å². The SMILES string of the molecule is Cc1c(C(=O)Nc2ccc(-c3cc(-c4cccc(-c5cc[nH]n5)c4)cnc3N)cc2)c(=O)n(-c2cccc(Cl)c2)n1C. The van der Waals surface area contributed by atoms with Crippen LogP contribution in [-0.2, 0) is 7.05 Å². The number of aromatic nitrogens is 5. The number of nitrogens with one attached hydrogen (secondary N) is 2. The van der Waals surface area contributed by atoms with E-state index >= 15 is 0 Å². The average Bonchev–Trinajstić information content (AvgIpc) is 3.60. The van der Waals surface area contributed by atoms with Crippen molar-refractivity contribution in [1.29, 1.82) is 0 Å². The van der Waals surface area contributed by atoms with E-state index in [0.717, 1.165) is 33.5 Å². The number of carbonyl (C=O) groups excluding carboxylic acids is 1. The molecule has 0 radical (unpaired) electrons. The van der Waals surface area contributed by atoms with Gasteiger partial charge in [-0.3, -0.25) is 19.4 Å². The summed E-state index contributed by atoms with van der Waals surface area (Å²) in [6.07, 6.45) is 3.53. The maximum Gasteiger partial charge on any atom is 0.284 e. The molecular formula is C32H26ClN7O2. The van der Waals surface area contributed by atoms with Crippen LogP contribution in [0.1, 0.15) is 16.1 Å². The Hall–Kier alpha value is -5.41. The molecule has 0 saturated heterocycles. The van der Waals surface area contributed by atoms with Crippen molar-refractivity contribution < 1.29 is 4.79 Å². The second-order valence-electron chi connectivity index (χ2n) is 9.81. The van der Waals surface area contributed by atoms with Crippen molar-refractivity contribution in [3.05, 3.63) is 124 Å². The molecule has 1 amide bonds. The van der Waals surface area contributed by atoms with Gasteiger partial charge in [-0.2, -0.15) is 5.10 Å². The number of nitrogens with two attached hydrogens (primary N) is 1. The van der Waals surface area contributed by atoms with Crippen LogP contribution in [0.2, 0.25) is 5.02 Å². The van der Waals surface area contributed by atoms with Crippen LogP contribution >= 0.6 is 11.6 Å². The van der Waals surface area contributed by atoms with Gasteiger partial charge in [-0.25, -0.2) is 9.67 Å². The van der Waals surface area contributed by atoms with Crippen molar-refractivity contribution in [3.63, 3.8) is 0 Å². The van der Waals surface area contributed by atoms with Crippen LogP contribution in [0.5, 0.6) is 0 Å². The van der Waals surface area contributed by atoms with Crippen LogP contribution < -0.4 is 16.6 Å². The number of pyridine rings is 1. The maximum atomic E-state index is 13.3. The second-order valence-corrected chi connectivity index (χ2v) is 10.2.